The summed E-state index contributed by atoms with van der Waals surface area (Å²) >= 11 is 0. The van der Waals surface area contributed by atoms with Crippen molar-refractivity contribution in [2.75, 3.05) is 5.73 Å². The van der Waals surface area contributed by atoms with E-state index in [2.05, 4.69) is 4.72 Å². The molecular formula is C15H18N2O2S. The van der Waals surface area contributed by atoms with Crippen LogP contribution in [-0.4, -0.2) is 8.42 Å². The second-order valence-electron chi connectivity index (χ2n) is 4.75. The van der Waals surface area contributed by atoms with E-state index < -0.39 is 10.0 Å². The monoisotopic (exact) mass is 290 g/mol. The van der Waals surface area contributed by atoms with Crippen molar-refractivity contribution in [1.29, 1.82) is 0 Å². The van der Waals surface area contributed by atoms with E-state index in [9.17, 15) is 8.42 Å². The number of nitrogen functional groups attached to an aromatic ring is 1. The molecule has 2 rings (SSSR count). The standard InChI is InChI=1S/C15H18N2O2S/c1-12(14-5-3-2-4-6-14)17-20(18,19)11-13-7-9-15(16)10-8-13/h2-10,12,17H,11,16H2,1H3/t12-/m0/s1. The van der Waals surface area contributed by atoms with Crippen LogP contribution < -0.4 is 10.5 Å². The normalized spacial score (nSPS) is 13.1. The first-order valence-corrected chi connectivity index (χ1v) is 8.01. The average Bonchev–Trinajstić information content (AvgIpc) is 2.41. The van der Waals surface area contributed by atoms with Gasteiger partial charge in [0.25, 0.3) is 0 Å². The van der Waals surface area contributed by atoms with Crippen molar-refractivity contribution in [2.24, 2.45) is 0 Å². The first-order chi connectivity index (χ1) is 9.46. The van der Waals surface area contributed by atoms with Crippen molar-refractivity contribution in [3.8, 4) is 0 Å². The lowest BCUT2D eigenvalue weighted by molar-refractivity contribution is 0.566. The number of benzene rings is 2. The number of rotatable bonds is 5. The zero-order valence-corrected chi connectivity index (χ0v) is 12.1. The number of sulfonamides is 1. The van der Waals surface area contributed by atoms with Crippen LogP contribution in [0.5, 0.6) is 0 Å². The molecule has 0 unspecified atom stereocenters. The molecule has 3 N–H and O–H groups in total. The third-order valence-electron chi connectivity index (χ3n) is 2.99. The largest absolute Gasteiger partial charge is 0.399 e. The Bertz CT molecular complexity index is 652. The van der Waals surface area contributed by atoms with Crippen LogP contribution in [0.25, 0.3) is 0 Å². The molecule has 2 aromatic carbocycles. The van der Waals surface area contributed by atoms with E-state index in [0.29, 0.717) is 11.3 Å². The van der Waals surface area contributed by atoms with Gasteiger partial charge >= 0.3 is 0 Å². The van der Waals surface area contributed by atoms with Gasteiger partial charge in [-0.3, -0.25) is 0 Å². The maximum atomic E-state index is 12.1. The van der Waals surface area contributed by atoms with Gasteiger partial charge in [-0.2, -0.15) is 0 Å². The van der Waals surface area contributed by atoms with Crippen LogP contribution >= 0.6 is 0 Å². The van der Waals surface area contributed by atoms with E-state index in [1.165, 1.54) is 0 Å². The summed E-state index contributed by atoms with van der Waals surface area (Å²) in [6.45, 7) is 1.83. The molecule has 0 amide bonds. The third-order valence-corrected chi connectivity index (χ3v) is 4.42. The summed E-state index contributed by atoms with van der Waals surface area (Å²) in [5, 5.41) is 0. The van der Waals surface area contributed by atoms with Gasteiger partial charge in [-0.05, 0) is 30.2 Å². The highest BCUT2D eigenvalue weighted by molar-refractivity contribution is 7.88. The molecule has 0 saturated carbocycles. The van der Waals surface area contributed by atoms with Crippen LogP contribution in [-0.2, 0) is 15.8 Å². The van der Waals surface area contributed by atoms with Crippen molar-refractivity contribution in [2.45, 2.75) is 18.7 Å². The summed E-state index contributed by atoms with van der Waals surface area (Å²) in [5.74, 6) is -0.0511. The number of anilines is 1. The van der Waals surface area contributed by atoms with Crippen molar-refractivity contribution in [3.63, 3.8) is 0 Å². The summed E-state index contributed by atoms with van der Waals surface area (Å²) in [7, 11) is -3.39. The van der Waals surface area contributed by atoms with E-state index >= 15 is 0 Å². The maximum absolute atomic E-state index is 12.1. The average molecular weight is 290 g/mol. The maximum Gasteiger partial charge on any atom is 0.216 e. The van der Waals surface area contributed by atoms with Crippen LogP contribution in [0.1, 0.15) is 24.1 Å². The van der Waals surface area contributed by atoms with Crippen LogP contribution in [0.2, 0.25) is 0 Å². The van der Waals surface area contributed by atoms with E-state index in [0.717, 1.165) is 5.56 Å². The van der Waals surface area contributed by atoms with Crippen LogP contribution in [0.4, 0.5) is 5.69 Å². The Balaban J connectivity index is 2.06. The van der Waals surface area contributed by atoms with Gasteiger partial charge in [0.1, 0.15) is 0 Å². The minimum atomic E-state index is -3.39. The van der Waals surface area contributed by atoms with E-state index in [4.69, 9.17) is 5.73 Å². The molecule has 0 saturated heterocycles. The smallest absolute Gasteiger partial charge is 0.216 e. The van der Waals surface area contributed by atoms with Gasteiger partial charge in [0.2, 0.25) is 10.0 Å². The first-order valence-electron chi connectivity index (χ1n) is 6.36. The van der Waals surface area contributed by atoms with Gasteiger partial charge in [-0.15, -0.1) is 0 Å². The lowest BCUT2D eigenvalue weighted by Gasteiger charge is -2.14. The second-order valence-corrected chi connectivity index (χ2v) is 6.50. The number of hydrogen-bond donors (Lipinski definition) is 2. The van der Waals surface area contributed by atoms with E-state index in [1.807, 2.05) is 37.3 Å². The van der Waals surface area contributed by atoms with Crippen molar-refractivity contribution in [1.82, 2.24) is 4.72 Å². The molecule has 0 radical (unpaired) electrons. The summed E-state index contributed by atoms with van der Waals surface area (Å²) < 4.78 is 26.9. The minimum Gasteiger partial charge on any atom is -0.399 e. The Morgan fingerprint density at radius 2 is 1.65 bits per heavy atom. The molecule has 0 aliphatic heterocycles. The molecule has 5 heteroatoms. The molecule has 0 fully saturated rings. The fraction of sp³-hybridized carbons (Fsp3) is 0.200. The van der Waals surface area contributed by atoms with Crippen LogP contribution in [0, 0.1) is 0 Å². The van der Waals surface area contributed by atoms with Crippen molar-refractivity contribution < 1.29 is 8.42 Å². The minimum absolute atomic E-state index is 0.0511. The van der Waals surface area contributed by atoms with Crippen molar-refractivity contribution >= 4 is 15.7 Å². The fourth-order valence-electron chi connectivity index (χ4n) is 1.95. The molecular weight excluding hydrogens is 272 g/mol. The summed E-state index contributed by atoms with van der Waals surface area (Å²) in [6, 6.07) is 16.1. The first kappa shape index (κ1) is 14.6. The van der Waals surface area contributed by atoms with Gasteiger partial charge in [0, 0.05) is 11.7 Å². The van der Waals surface area contributed by atoms with Gasteiger partial charge in [0.05, 0.1) is 5.75 Å². The molecule has 0 bridgehead atoms. The third kappa shape index (κ3) is 4.08. The lowest BCUT2D eigenvalue weighted by Crippen LogP contribution is -2.28. The van der Waals surface area contributed by atoms with Gasteiger partial charge < -0.3 is 5.73 Å². The van der Waals surface area contributed by atoms with Crippen molar-refractivity contribution in [3.05, 3.63) is 65.7 Å². The summed E-state index contributed by atoms with van der Waals surface area (Å²) in [4.78, 5) is 0. The highest BCUT2D eigenvalue weighted by Gasteiger charge is 2.16. The molecule has 1 atom stereocenters. The van der Waals surface area contributed by atoms with E-state index in [1.54, 1.807) is 24.3 Å². The highest BCUT2D eigenvalue weighted by Crippen LogP contribution is 2.15. The number of nitrogens with two attached hydrogens (primary N) is 1. The molecule has 4 nitrogen and oxygen atoms in total. The zero-order chi connectivity index (χ0) is 14.6. The molecule has 0 spiro atoms. The topological polar surface area (TPSA) is 72.2 Å². The molecule has 106 valence electrons. The van der Waals surface area contributed by atoms with Gasteiger partial charge in [-0.25, -0.2) is 13.1 Å². The second kappa shape index (κ2) is 6.07. The summed E-state index contributed by atoms with van der Waals surface area (Å²) in [6.07, 6.45) is 0. The quantitative estimate of drug-likeness (QED) is 0.831. The van der Waals surface area contributed by atoms with Crippen LogP contribution in [0.3, 0.4) is 0 Å². The highest BCUT2D eigenvalue weighted by atomic mass is 32.2. The van der Waals surface area contributed by atoms with E-state index in [-0.39, 0.29) is 11.8 Å². The Kier molecular flexibility index (Phi) is 4.42. The number of hydrogen-bond acceptors (Lipinski definition) is 3. The Labute approximate surface area is 119 Å². The molecule has 2 aromatic rings. The Morgan fingerprint density at radius 1 is 1.05 bits per heavy atom. The van der Waals surface area contributed by atoms with Gasteiger partial charge in [-0.1, -0.05) is 42.5 Å². The van der Waals surface area contributed by atoms with Gasteiger partial charge in [0.15, 0.2) is 0 Å². The SMILES string of the molecule is C[C@H](NS(=O)(=O)Cc1ccc(N)cc1)c1ccccc1. The molecule has 0 heterocycles. The molecule has 0 aromatic heterocycles. The zero-order valence-electron chi connectivity index (χ0n) is 11.3. The summed E-state index contributed by atoms with van der Waals surface area (Å²) in [5.41, 5.74) is 7.86. The fourth-order valence-corrected chi connectivity index (χ4v) is 3.34. The Morgan fingerprint density at radius 3 is 2.25 bits per heavy atom. The number of nitrogens with one attached hydrogen (secondary N) is 1. The lowest BCUT2D eigenvalue weighted by atomic mass is 10.1. The van der Waals surface area contributed by atoms with Crippen LogP contribution in [0.15, 0.2) is 54.6 Å². The predicted octanol–water partition coefficient (Wildman–Crippen LogP) is 2.45. The molecule has 0 aliphatic carbocycles. The Hall–Kier alpha value is -1.85. The predicted molar refractivity (Wildman–Crippen MR) is 81.5 cm³/mol. The molecule has 20 heavy (non-hydrogen) atoms. The molecule has 0 aliphatic rings.